The first-order chi connectivity index (χ1) is 14.0. The Morgan fingerprint density at radius 1 is 0.862 bits per heavy atom. The van der Waals surface area contributed by atoms with Gasteiger partial charge in [-0.05, 0) is 61.0 Å². The van der Waals surface area contributed by atoms with Gasteiger partial charge in [0.15, 0.2) is 0 Å². The number of hydrogen-bond donors (Lipinski definition) is 3. The molecule has 2 amide bonds. The van der Waals surface area contributed by atoms with E-state index in [1.807, 2.05) is 31.2 Å². The first-order valence-corrected chi connectivity index (χ1v) is 9.24. The van der Waals surface area contributed by atoms with E-state index in [0.717, 1.165) is 22.4 Å². The SMILES string of the molecule is CC(=O)Nc1ccc(NC(=O)c2ccc(-c3nc4ccc(C)cc4[nH]3)cc2)cc1. The van der Waals surface area contributed by atoms with Crippen LogP contribution in [0.1, 0.15) is 22.8 Å². The number of nitrogens with zero attached hydrogens (tertiary/aromatic N) is 1. The molecule has 29 heavy (non-hydrogen) atoms. The van der Waals surface area contributed by atoms with E-state index in [9.17, 15) is 9.59 Å². The first-order valence-electron chi connectivity index (χ1n) is 9.24. The highest BCUT2D eigenvalue weighted by atomic mass is 16.2. The summed E-state index contributed by atoms with van der Waals surface area (Å²) in [6.07, 6.45) is 0. The molecule has 1 aromatic heterocycles. The van der Waals surface area contributed by atoms with Crippen LogP contribution in [0, 0.1) is 6.92 Å². The van der Waals surface area contributed by atoms with Gasteiger partial charge in [-0.15, -0.1) is 0 Å². The standard InChI is InChI=1S/C23H20N4O2/c1-14-3-12-20-21(13-14)27-22(26-20)16-4-6-17(7-5-16)23(29)25-19-10-8-18(9-11-19)24-15(2)28/h3-13H,1-2H3,(H,24,28)(H,25,29)(H,26,27). The molecule has 0 bridgehead atoms. The van der Waals surface area contributed by atoms with Crippen molar-refractivity contribution in [3.05, 3.63) is 77.9 Å². The second-order valence-corrected chi connectivity index (χ2v) is 6.90. The van der Waals surface area contributed by atoms with E-state index in [2.05, 4.69) is 26.7 Å². The number of nitrogens with one attached hydrogen (secondary N) is 3. The molecular weight excluding hydrogens is 364 g/mol. The minimum absolute atomic E-state index is 0.138. The lowest BCUT2D eigenvalue weighted by molar-refractivity contribution is -0.114. The molecule has 3 N–H and O–H groups in total. The summed E-state index contributed by atoms with van der Waals surface area (Å²) in [7, 11) is 0. The van der Waals surface area contributed by atoms with Crippen LogP contribution in [0.4, 0.5) is 11.4 Å². The number of H-pyrrole nitrogens is 1. The fourth-order valence-electron chi connectivity index (χ4n) is 3.08. The smallest absolute Gasteiger partial charge is 0.255 e. The van der Waals surface area contributed by atoms with Crippen molar-refractivity contribution >= 4 is 34.2 Å². The number of rotatable bonds is 4. The highest BCUT2D eigenvalue weighted by Crippen LogP contribution is 2.22. The zero-order chi connectivity index (χ0) is 20.4. The van der Waals surface area contributed by atoms with Crippen LogP contribution in [-0.4, -0.2) is 21.8 Å². The van der Waals surface area contributed by atoms with Gasteiger partial charge >= 0.3 is 0 Å². The summed E-state index contributed by atoms with van der Waals surface area (Å²) in [5, 5.41) is 5.54. The van der Waals surface area contributed by atoms with Gasteiger partial charge in [-0.2, -0.15) is 0 Å². The maximum atomic E-state index is 12.5. The summed E-state index contributed by atoms with van der Waals surface area (Å²) in [4.78, 5) is 31.5. The Bertz CT molecular complexity index is 1190. The highest BCUT2D eigenvalue weighted by molar-refractivity contribution is 6.04. The monoisotopic (exact) mass is 384 g/mol. The molecule has 0 atom stereocenters. The number of anilines is 2. The molecule has 6 nitrogen and oxygen atoms in total. The second-order valence-electron chi connectivity index (χ2n) is 6.90. The van der Waals surface area contributed by atoms with Crippen molar-refractivity contribution in [1.29, 1.82) is 0 Å². The number of imidazole rings is 1. The normalized spacial score (nSPS) is 10.7. The Morgan fingerprint density at radius 3 is 2.17 bits per heavy atom. The number of aromatic amines is 1. The predicted octanol–water partition coefficient (Wildman–Crippen LogP) is 4.75. The van der Waals surface area contributed by atoms with Gasteiger partial charge in [0.2, 0.25) is 5.91 Å². The van der Waals surface area contributed by atoms with Crippen molar-refractivity contribution in [3.63, 3.8) is 0 Å². The van der Waals surface area contributed by atoms with Gasteiger partial charge in [0.1, 0.15) is 5.82 Å². The van der Waals surface area contributed by atoms with Crippen LogP contribution in [0.5, 0.6) is 0 Å². The van der Waals surface area contributed by atoms with Crippen LogP contribution < -0.4 is 10.6 Å². The summed E-state index contributed by atoms with van der Waals surface area (Å²) >= 11 is 0. The lowest BCUT2D eigenvalue weighted by atomic mass is 10.1. The average Bonchev–Trinajstić information content (AvgIpc) is 3.12. The molecule has 3 aromatic carbocycles. The van der Waals surface area contributed by atoms with Gasteiger partial charge in [0.05, 0.1) is 11.0 Å². The lowest BCUT2D eigenvalue weighted by Crippen LogP contribution is -2.12. The van der Waals surface area contributed by atoms with Crippen molar-refractivity contribution in [3.8, 4) is 11.4 Å². The van der Waals surface area contributed by atoms with E-state index in [1.54, 1.807) is 36.4 Å². The summed E-state index contributed by atoms with van der Waals surface area (Å²) in [6, 6.07) is 20.3. The largest absolute Gasteiger partial charge is 0.338 e. The van der Waals surface area contributed by atoms with Crippen molar-refractivity contribution < 1.29 is 9.59 Å². The third-order valence-corrected chi connectivity index (χ3v) is 4.52. The molecule has 144 valence electrons. The first kappa shape index (κ1) is 18.4. The van der Waals surface area contributed by atoms with Gasteiger partial charge in [-0.3, -0.25) is 9.59 Å². The number of fused-ring (bicyclic) bond motifs is 1. The van der Waals surface area contributed by atoms with Crippen LogP contribution in [0.3, 0.4) is 0 Å². The summed E-state index contributed by atoms with van der Waals surface area (Å²) in [5.41, 5.74) is 5.87. The van der Waals surface area contributed by atoms with E-state index in [4.69, 9.17) is 0 Å². The molecule has 4 aromatic rings. The van der Waals surface area contributed by atoms with Crippen molar-refractivity contribution in [2.45, 2.75) is 13.8 Å². The zero-order valence-corrected chi connectivity index (χ0v) is 16.1. The molecule has 0 saturated heterocycles. The molecule has 0 aliphatic rings. The molecule has 0 aliphatic carbocycles. The molecule has 0 aliphatic heterocycles. The molecule has 0 radical (unpaired) electrons. The Hall–Kier alpha value is -3.93. The summed E-state index contributed by atoms with van der Waals surface area (Å²) in [5.74, 6) is 0.427. The van der Waals surface area contributed by atoms with Gasteiger partial charge in [-0.1, -0.05) is 18.2 Å². The molecule has 0 spiro atoms. The van der Waals surface area contributed by atoms with Crippen LogP contribution in [0.2, 0.25) is 0 Å². The van der Waals surface area contributed by atoms with Crippen molar-refractivity contribution in [2.24, 2.45) is 0 Å². The molecule has 0 unspecified atom stereocenters. The Labute approximate surface area is 168 Å². The topological polar surface area (TPSA) is 86.9 Å². The number of carbonyl (C=O) groups excluding carboxylic acids is 2. The quantitative estimate of drug-likeness (QED) is 0.474. The second kappa shape index (κ2) is 7.59. The average molecular weight is 384 g/mol. The fourth-order valence-corrected chi connectivity index (χ4v) is 3.08. The van der Waals surface area contributed by atoms with Crippen LogP contribution >= 0.6 is 0 Å². The molecule has 1 heterocycles. The number of amides is 2. The zero-order valence-electron chi connectivity index (χ0n) is 16.1. The predicted molar refractivity (Wildman–Crippen MR) is 115 cm³/mol. The maximum Gasteiger partial charge on any atom is 0.255 e. The fraction of sp³-hybridized carbons (Fsp3) is 0.0870. The molecule has 0 fully saturated rings. The number of carbonyl (C=O) groups is 2. The molecule has 4 rings (SSSR count). The minimum atomic E-state index is -0.205. The number of aryl methyl sites for hydroxylation is 1. The van der Waals surface area contributed by atoms with Crippen LogP contribution in [0.15, 0.2) is 66.7 Å². The Morgan fingerprint density at radius 2 is 1.52 bits per heavy atom. The van der Waals surface area contributed by atoms with Gasteiger partial charge in [-0.25, -0.2) is 4.98 Å². The Balaban J connectivity index is 1.48. The number of aromatic nitrogens is 2. The summed E-state index contributed by atoms with van der Waals surface area (Å²) in [6.45, 7) is 3.49. The van der Waals surface area contributed by atoms with Crippen LogP contribution in [0.25, 0.3) is 22.4 Å². The van der Waals surface area contributed by atoms with Gasteiger partial charge in [0, 0.05) is 29.4 Å². The summed E-state index contributed by atoms with van der Waals surface area (Å²) < 4.78 is 0. The van der Waals surface area contributed by atoms with Crippen LogP contribution in [-0.2, 0) is 4.79 Å². The van der Waals surface area contributed by atoms with Gasteiger partial charge < -0.3 is 15.6 Å². The van der Waals surface area contributed by atoms with Crippen molar-refractivity contribution in [1.82, 2.24) is 9.97 Å². The third-order valence-electron chi connectivity index (χ3n) is 4.52. The van der Waals surface area contributed by atoms with Crippen molar-refractivity contribution in [2.75, 3.05) is 10.6 Å². The number of benzene rings is 3. The van der Waals surface area contributed by atoms with E-state index >= 15 is 0 Å². The molecular formula is C23H20N4O2. The molecule has 6 heteroatoms. The van der Waals surface area contributed by atoms with E-state index in [-0.39, 0.29) is 11.8 Å². The van der Waals surface area contributed by atoms with E-state index in [1.165, 1.54) is 12.5 Å². The third kappa shape index (κ3) is 4.16. The van der Waals surface area contributed by atoms with E-state index < -0.39 is 0 Å². The Kier molecular flexibility index (Phi) is 4.83. The number of hydrogen-bond acceptors (Lipinski definition) is 3. The van der Waals surface area contributed by atoms with E-state index in [0.29, 0.717) is 16.9 Å². The highest BCUT2D eigenvalue weighted by Gasteiger charge is 2.09. The lowest BCUT2D eigenvalue weighted by Gasteiger charge is -2.07. The van der Waals surface area contributed by atoms with Gasteiger partial charge in [0.25, 0.3) is 5.91 Å². The maximum absolute atomic E-state index is 12.5. The molecule has 0 saturated carbocycles. The minimum Gasteiger partial charge on any atom is -0.338 e.